The Hall–Kier alpha value is -1.94. The van der Waals surface area contributed by atoms with Gasteiger partial charge in [0.1, 0.15) is 11.6 Å². The van der Waals surface area contributed by atoms with Crippen molar-refractivity contribution < 1.29 is 0 Å². The van der Waals surface area contributed by atoms with Crippen molar-refractivity contribution in [1.82, 2.24) is 9.97 Å². The summed E-state index contributed by atoms with van der Waals surface area (Å²) in [5.74, 6) is 2.11. The summed E-state index contributed by atoms with van der Waals surface area (Å²) in [6, 6.07) is 10.2. The predicted molar refractivity (Wildman–Crippen MR) is 83.3 cm³/mol. The molecule has 0 radical (unpaired) electrons. The highest BCUT2D eigenvalue weighted by atomic mass is 15.2. The van der Waals surface area contributed by atoms with Gasteiger partial charge in [-0.05, 0) is 24.6 Å². The zero-order valence-corrected chi connectivity index (χ0v) is 12.6. The van der Waals surface area contributed by atoms with Crippen molar-refractivity contribution >= 4 is 11.5 Å². The van der Waals surface area contributed by atoms with E-state index in [1.54, 1.807) is 0 Å². The molecule has 0 spiro atoms. The van der Waals surface area contributed by atoms with Crippen molar-refractivity contribution in [2.24, 2.45) is 5.73 Å². The molecule has 2 rings (SSSR count). The van der Waals surface area contributed by atoms with Gasteiger partial charge in [-0.15, -0.1) is 0 Å². The van der Waals surface area contributed by atoms with Crippen molar-refractivity contribution in [1.29, 1.82) is 0 Å². The molecular weight excluding hydrogens is 248 g/mol. The summed E-state index contributed by atoms with van der Waals surface area (Å²) < 4.78 is 0. The molecule has 0 aliphatic carbocycles. The van der Waals surface area contributed by atoms with E-state index < -0.39 is 0 Å². The highest BCUT2D eigenvalue weighted by molar-refractivity contribution is 5.60. The number of aromatic nitrogens is 2. The standard InChI is InChI=1S/C16H22N4/c1-11(2)16-18-12(3)8-15(19-16)20(4)14-7-5-6-13(9-14)10-17/h5-9,11H,10,17H2,1-4H3. The molecule has 1 aromatic heterocycles. The number of anilines is 2. The van der Waals surface area contributed by atoms with Crippen LogP contribution in [-0.2, 0) is 6.54 Å². The quantitative estimate of drug-likeness (QED) is 0.927. The smallest absolute Gasteiger partial charge is 0.136 e. The summed E-state index contributed by atoms with van der Waals surface area (Å²) in [6.07, 6.45) is 0. The van der Waals surface area contributed by atoms with Crippen LogP contribution in [0.25, 0.3) is 0 Å². The predicted octanol–water partition coefficient (Wildman–Crippen LogP) is 3.14. The van der Waals surface area contributed by atoms with Crippen LogP contribution in [0.15, 0.2) is 30.3 Å². The fourth-order valence-corrected chi connectivity index (χ4v) is 2.03. The summed E-state index contributed by atoms with van der Waals surface area (Å²) in [7, 11) is 2.02. The number of nitrogens with two attached hydrogens (primary N) is 1. The van der Waals surface area contributed by atoms with Gasteiger partial charge in [-0.2, -0.15) is 0 Å². The maximum atomic E-state index is 5.70. The molecule has 0 saturated heterocycles. The second-order valence-corrected chi connectivity index (χ2v) is 5.31. The maximum Gasteiger partial charge on any atom is 0.136 e. The Morgan fingerprint density at radius 3 is 2.60 bits per heavy atom. The van der Waals surface area contributed by atoms with Gasteiger partial charge in [0.25, 0.3) is 0 Å². The molecule has 1 aromatic carbocycles. The van der Waals surface area contributed by atoms with Crippen molar-refractivity contribution in [2.45, 2.75) is 33.2 Å². The zero-order valence-electron chi connectivity index (χ0n) is 12.6. The number of nitrogens with zero attached hydrogens (tertiary/aromatic N) is 3. The molecule has 0 aliphatic rings. The minimum absolute atomic E-state index is 0.317. The number of benzene rings is 1. The van der Waals surface area contributed by atoms with Crippen molar-refractivity contribution in [2.75, 3.05) is 11.9 Å². The van der Waals surface area contributed by atoms with Gasteiger partial charge < -0.3 is 10.6 Å². The highest BCUT2D eigenvalue weighted by Gasteiger charge is 2.11. The summed E-state index contributed by atoms with van der Waals surface area (Å²) in [5.41, 5.74) is 8.89. The lowest BCUT2D eigenvalue weighted by atomic mass is 10.2. The van der Waals surface area contributed by atoms with E-state index in [4.69, 9.17) is 5.73 Å². The molecule has 4 heteroatoms. The van der Waals surface area contributed by atoms with Gasteiger partial charge in [-0.3, -0.25) is 0 Å². The van der Waals surface area contributed by atoms with E-state index in [2.05, 4.69) is 40.8 Å². The molecule has 0 aliphatic heterocycles. The highest BCUT2D eigenvalue weighted by Crippen LogP contribution is 2.24. The number of hydrogen-bond acceptors (Lipinski definition) is 4. The SMILES string of the molecule is Cc1cc(N(C)c2cccc(CN)c2)nc(C(C)C)n1. The zero-order chi connectivity index (χ0) is 14.7. The Bertz CT molecular complexity index is 593. The first-order valence-electron chi connectivity index (χ1n) is 6.89. The number of rotatable bonds is 4. The summed E-state index contributed by atoms with van der Waals surface area (Å²) in [5, 5.41) is 0. The van der Waals surface area contributed by atoms with E-state index >= 15 is 0 Å². The van der Waals surface area contributed by atoms with E-state index in [1.165, 1.54) is 0 Å². The minimum Gasteiger partial charge on any atom is -0.329 e. The van der Waals surface area contributed by atoms with Crippen molar-refractivity contribution in [3.63, 3.8) is 0 Å². The second kappa shape index (κ2) is 6.01. The molecule has 106 valence electrons. The molecule has 0 atom stereocenters. The monoisotopic (exact) mass is 270 g/mol. The van der Waals surface area contributed by atoms with E-state index in [0.29, 0.717) is 12.5 Å². The topological polar surface area (TPSA) is 55.0 Å². The van der Waals surface area contributed by atoms with E-state index in [9.17, 15) is 0 Å². The van der Waals surface area contributed by atoms with E-state index in [0.717, 1.165) is 28.6 Å². The summed E-state index contributed by atoms with van der Waals surface area (Å²) in [4.78, 5) is 11.2. The van der Waals surface area contributed by atoms with Crippen LogP contribution in [0.2, 0.25) is 0 Å². The van der Waals surface area contributed by atoms with Gasteiger partial charge in [0.05, 0.1) is 0 Å². The van der Waals surface area contributed by atoms with Crippen LogP contribution in [0, 0.1) is 6.92 Å². The number of aryl methyl sites for hydroxylation is 1. The van der Waals surface area contributed by atoms with Crippen LogP contribution < -0.4 is 10.6 Å². The third kappa shape index (κ3) is 3.14. The maximum absolute atomic E-state index is 5.70. The van der Waals surface area contributed by atoms with Crippen LogP contribution in [0.4, 0.5) is 11.5 Å². The van der Waals surface area contributed by atoms with Crippen LogP contribution in [0.1, 0.15) is 36.8 Å². The van der Waals surface area contributed by atoms with Gasteiger partial charge in [0, 0.05) is 37.0 Å². The van der Waals surface area contributed by atoms with Gasteiger partial charge >= 0.3 is 0 Å². The first-order chi connectivity index (χ1) is 9.51. The Labute approximate surface area is 120 Å². The molecule has 0 saturated carbocycles. The van der Waals surface area contributed by atoms with Crippen LogP contribution >= 0.6 is 0 Å². The largest absolute Gasteiger partial charge is 0.329 e. The Morgan fingerprint density at radius 1 is 1.20 bits per heavy atom. The van der Waals surface area contributed by atoms with Gasteiger partial charge in [-0.25, -0.2) is 9.97 Å². The third-order valence-corrected chi connectivity index (χ3v) is 3.25. The fourth-order valence-electron chi connectivity index (χ4n) is 2.03. The normalized spacial score (nSPS) is 10.9. The lowest BCUT2D eigenvalue weighted by Crippen LogP contribution is -2.14. The molecule has 20 heavy (non-hydrogen) atoms. The average molecular weight is 270 g/mol. The van der Waals surface area contributed by atoms with Gasteiger partial charge in [-0.1, -0.05) is 26.0 Å². The van der Waals surface area contributed by atoms with Crippen LogP contribution in [0.5, 0.6) is 0 Å². The molecular formula is C16H22N4. The van der Waals surface area contributed by atoms with Gasteiger partial charge in [0.15, 0.2) is 0 Å². The fraction of sp³-hybridized carbons (Fsp3) is 0.375. The minimum atomic E-state index is 0.317. The number of hydrogen-bond donors (Lipinski definition) is 1. The molecule has 0 fully saturated rings. The van der Waals surface area contributed by atoms with Gasteiger partial charge in [0.2, 0.25) is 0 Å². The lowest BCUT2D eigenvalue weighted by molar-refractivity contribution is 0.764. The molecule has 0 unspecified atom stereocenters. The summed E-state index contributed by atoms with van der Waals surface area (Å²) >= 11 is 0. The molecule has 2 N–H and O–H groups in total. The third-order valence-electron chi connectivity index (χ3n) is 3.25. The molecule has 2 aromatic rings. The lowest BCUT2D eigenvalue weighted by Gasteiger charge is -2.20. The van der Waals surface area contributed by atoms with E-state index in [-0.39, 0.29) is 0 Å². The molecule has 0 bridgehead atoms. The molecule has 0 amide bonds. The average Bonchev–Trinajstić information content (AvgIpc) is 2.45. The van der Waals surface area contributed by atoms with Crippen LogP contribution in [-0.4, -0.2) is 17.0 Å². The Kier molecular flexibility index (Phi) is 4.35. The first-order valence-corrected chi connectivity index (χ1v) is 6.89. The van der Waals surface area contributed by atoms with E-state index in [1.807, 2.05) is 32.2 Å². The molecule has 4 nitrogen and oxygen atoms in total. The second-order valence-electron chi connectivity index (χ2n) is 5.31. The summed E-state index contributed by atoms with van der Waals surface area (Å²) in [6.45, 7) is 6.75. The first kappa shape index (κ1) is 14.5. The van der Waals surface area contributed by atoms with Crippen LogP contribution in [0.3, 0.4) is 0 Å². The Morgan fingerprint density at radius 2 is 1.95 bits per heavy atom. The molecule has 1 heterocycles. The van der Waals surface area contributed by atoms with Crippen molar-refractivity contribution in [3.05, 3.63) is 47.4 Å². The van der Waals surface area contributed by atoms with Crippen molar-refractivity contribution in [3.8, 4) is 0 Å². The Balaban J connectivity index is 2.39.